The predicted molar refractivity (Wildman–Crippen MR) is 62.2 cm³/mol. The molecule has 0 saturated heterocycles. The van der Waals surface area contributed by atoms with Gasteiger partial charge in [0.15, 0.2) is 5.75 Å². The Morgan fingerprint density at radius 2 is 2.11 bits per heavy atom. The van der Waals surface area contributed by atoms with E-state index >= 15 is 0 Å². The monoisotopic (exact) mass is 261 g/mol. The van der Waals surface area contributed by atoms with Crippen LogP contribution < -0.4 is 4.74 Å². The van der Waals surface area contributed by atoms with Gasteiger partial charge in [-0.25, -0.2) is 9.78 Å². The van der Waals surface area contributed by atoms with Crippen LogP contribution in [0.1, 0.15) is 10.4 Å². The second-order valence-corrected chi connectivity index (χ2v) is 3.39. The van der Waals surface area contributed by atoms with Gasteiger partial charge in [-0.1, -0.05) is 0 Å². The number of hydrogen-bond acceptors (Lipinski definition) is 6. The third-order valence-electron chi connectivity index (χ3n) is 2.16. The summed E-state index contributed by atoms with van der Waals surface area (Å²) in [5.74, 6) is -1.11. The number of rotatable bonds is 4. The lowest BCUT2D eigenvalue weighted by molar-refractivity contribution is -0.385. The van der Waals surface area contributed by atoms with Crippen molar-refractivity contribution in [1.82, 2.24) is 9.97 Å². The van der Waals surface area contributed by atoms with Crippen LogP contribution in [0.2, 0.25) is 0 Å². The molecule has 1 N–H and O–H groups in total. The van der Waals surface area contributed by atoms with Crippen molar-refractivity contribution in [3.05, 3.63) is 52.5 Å². The number of carbonyl (C=O) groups is 1. The Balaban J connectivity index is 2.26. The molecule has 0 unspecified atom stereocenters. The third kappa shape index (κ3) is 2.80. The van der Waals surface area contributed by atoms with Crippen LogP contribution in [0.5, 0.6) is 11.6 Å². The minimum absolute atomic E-state index is 0.0105. The molecule has 19 heavy (non-hydrogen) atoms. The van der Waals surface area contributed by atoms with Gasteiger partial charge in [0.2, 0.25) is 5.88 Å². The minimum Gasteiger partial charge on any atom is -0.478 e. The molecule has 8 heteroatoms. The van der Waals surface area contributed by atoms with Crippen LogP contribution in [0.15, 0.2) is 36.8 Å². The van der Waals surface area contributed by atoms with Crippen molar-refractivity contribution in [2.45, 2.75) is 0 Å². The molecule has 0 fully saturated rings. The van der Waals surface area contributed by atoms with E-state index in [-0.39, 0.29) is 22.9 Å². The molecular weight excluding hydrogens is 254 g/mol. The molecule has 8 nitrogen and oxygen atoms in total. The van der Waals surface area contributed by atoms with Gasteiger partial charge in [-0.15, -0.1) is 0 Å². The van der Waals surface area contributed by atoms with E-state index in [1.54, 1.807) is 0 Å². The van der Waals surface area contributed by atoms with Crippen LogP contribution in [-0.2, 0) is 0 Å². The fourth-order valence-electron chi connectivity index (χ4n) is 1.29. The van der Waals surface area contributed by atoms with Crippen LogP contribution in [0.25, 0.3) is 0 Å². The molecule has 0 aliphatic heterocycles. The Bertz CT molecular complexity index is 626. The third-order valence-corrected chi connectivity index (χ3v) is 2.16. The number of nitrogens with zero attached hydrogens (tertiary/aromatic N) is 3. The van der Waals surface area contributed by atoms with Gasteiger partial charge in [-0.05, 0) is 6.07 Å². The summed E-state index contributed by atoms with van der Waals surface area (Å²) in [5, 5.41) is 19.4. The number of aromatic carboxylic acids is 1. The van der Waals surface area contributed by atoms with Gasteiger partial charge in [-0.2, -0.15) is 0 Å². The molecule has 0 aliphatic rings. The van der Waals surface area contributed by atoms with Gasteiger partial charge in [0, 0.05) is 18.3 Å². The number of pyridine rings is 2. The number of carboxylic acid groups (broad SMARTS) is 1. The lowest BCUT2D eigenvalue weighted by Crippen LogP contribution is -2.01. The molecule has 2 aromatic heterocycles. The zero-order valence-electron chi connectivity index (χ0n) is 9.39. The number of hydrogen-bond donors (Lipinski definition) is 1. The summed E-state index contributed by atoms with van der Waals surface area (Å²) in [6, 6.07) is 3.76. The Morgan fingerprint density at radius 3 is 2.68 bits per heavy atom. The number of aromatic nitrogens is 2. The Hall–Kier alpha value is -3.03. The second kappa shape index (κ2) is 5.08. The van der Waals surface area contributed by atoms with Gasteiger partial charge < -0.3 is 9.84 Å². The van der Waals surface area contributed by atoms with Gasteiger partial charge in [-0.3, -0.25) is 15.1 Å². The highest BCUT2D eigenvalue weighted by Gasteiger charge is 2.13. The Labute approximate surface area is 106 Å². The van der Waals surface area contributed by atoms with Crippen molar-refractivity contribution in [3.8, 4) is 11.6 Å². The summed E-state index contributed by atoms with van der Waals surface area (Å²) < 4.78 is 5.23. The largest absolute Gasteiger partial charge is 0.478 e. The molecule has 0 radical (unpaired) electrons. The first-order valence-electron chi connectivity index (χ1n) is 5.03. The maximum Gasteiger partial charge on any atom is 0.339 e. The summed E-state index contributed by atoms with van der Waals surface area (Å²) in [4.78, 5) is 28.3. The van der Waals surface area contributed by atoms with Crippen molar-refractivity contribution >= 4 is 11.7 Å². The van der Waals surface area contributed by atoms with Crippen LogP contribution in [0, 0.1) is 10.1 Å². The zero-order chi connectivity index (χ0) is 13.8. The van der Waals surface area contributed by atoms with Crippen molar-refractivity contribution in [2.24, 2.45) is 0 Å². The smallest absolute Gasteiger partial charge is 0.339 e. The summed E-state index contributed by atoms with van der Waals surface area (Å²) in [7, 11) is 0. The van der Waals surface area contributed by atoms with Gasteiger partial charge in [0.25, 0.3) is 5.69 Å². The van der Waals surface area contributed by atoms with E-state index in [9.17, 15) is 14.9 Å². The van der Waals surface area contributed by atoms with E-state index < -0.39 is 10.9 Å². The standard InChI is InChI=1S/C11H7N3O5/c15-11(16)8-3-4-12-6-9(8)19-10-2-1-7(5-13-10)14(17)18/h1-6H,(H,15,16). The Kier molecular flexibility index (Phi) is 3.33. The van der Waals surface area contributed by atoms with Crippen molar-refractivity contribution in [3.63, 3.8) is 0 Å². The highest BCUT2D eigenvalue weighted by Crippen LogP contribution is 2.23. The average molecular weight is 261 g/mol. The van der Waals surface area contributed by atoms with Crippen molar-refractivity contribution < 1.29 is 19.6 Å². The molecule has 2 rings (SSSR count). The van der Waals surface area contributed by atoms with Crippen LogP contribution in [0.4, 0.5) is 5.69 Å². The van der Waals surface area contributed by atoms with Crippen LogP contribution in [-0.4, -0.2) is 26.0 Å². The molecular formula is C11H7N3O5. The molecule has 96 valence electrons. The SMILES string of the molecule is O=C(O)c1ccncc1Oc1ccc([N+](=O)[O-])cn1. The Morgan fingerprint density at radius 1 is 1.32 bits per heavy atom. The van der Waals surface area contributed by atoms with E-state index in [1.165, 1.54) is 30.6 Å². The van der Waals surface area contributed by atoms with Crippen molar-refractivity contribution in [2.75, 3.05) is 0 Å². The van der Waals surface area contributed by atoms with Gasteiger partial charge in [0.1, 0.15) is 11.8 Å². The molecule has 0 spiro atoms. The highest BCUT2D eigenvalue weighted by molar-refractivity contribution is 5.90. The average Bonchev–Trinajstić information content (AvgIpc) is 2.39. The molecule has 0 aromatic carbocycles. The van der Waals surface area contributed by atoms with Gasteiger partial charge >= 0.3 is 5.97 Å². The van der Waals surface area contributed by atoms with E-state index in [0.29, 0.717) is 0 Å². The fourth-order valence-corrected chi connectivity index (χ4v) is 1.29. The van der Waals surface area contributed by atoms with Crippen molar-refractivity contribution in [1.29, 1.82) is 0 Å². The van der Waals surface area contributed by atoms with E-state index in [0.717, 1.165) is 6.20 Å². The first-order valence-corrected chi connectivity index (χ1v) is 5.03. The molecule has 2 aromatic rings. The van der Waals surface area contributed by atoms with Gasteiger partial charge in [0.05, 0.1) is 11.1 Å². The summed E-state index contributed by atoms with van der Waals surface area (Å²) >= 11 is 0. The van der Waals surface area contributed by atoms with Crippen LogP contribution in [0.3, 0.4) is 0 Å². The highest BCUT2D eigenvalue weighted by atomic mass is 16.6. The topological polar surface area (TPSA) is 115 Å². The van der Waals surface area contributed by atoms with E-state index in [2.05, 4.69) is 9.97 Å². The predicted octanol–water partition coefficient (Wildman–Crippen LogP) is 1.88. The quantitative estimate of drug-likeness (QED) is 0.659. The summed E-state index contributed by atoms with van der Waals surface area (Å²) in [6.07, 6.45) is 3.57. The normalized spacial score (nSPS) is 9.89. The maximum atomic E-state index is 10.9. The zero-order valence-corrected chi connectivity index (χ0v) is 9.39. The first-order chi connectivity index (χ1) is 9.08. The number of carboxylic acids is 1. The minimum atomic E-state index is -1.17. The number of ether oxygens (including phenoxy) is 1. The number of nitro groups is 1. The fraction of sp³-hybridized carbons (Fsp3) is 0. The molecule has 0 atom stereocenters. The van der Waals surface area contributed by atoms with E-state index in [4.69, 9.17) is 9.84 Å². The maximum absolute atomic E-state index is 10.9. The molecule has 0 bridgehead atoms. The molecule has 2 heterocycles. The molecule has 0 amide bonds. The lowest BCUT2D eigenvalue weighted by Gasteiger charge is -2.06. The first kappa shape index (κ1) is 12.4. The molecule has 0 saturated carbocycles. The van der Waals surface area contributed by atoms with Crippen LogP contribution >= 0.6 is 0 Å². The molecule has 0 aliphatic carbocycles. The lowest BCUT2D eigenvalue weighted by atomic mass is 10.2. The summed E-state index contributed by atoms with van der Waals surface area (Å²) in [5.41, 5.74) is -0.257. The summed E-state index contributed by atoms with van der Waals surface area (Å²) in [6.45, 7) is 0. The second-order valence-electron chi connectivity index (χ2n) is 3.39. The van der Waals surface area contributed by atoms with E-state index in [1.807, 2.05) is 0 Å².